The fourth-order valence-corrected chi connectivity index (χ4v) is 2.99. The highest BCUT2D eigenvalue weighted by atomic mass is 32.1. The summed E-state index contributed by atoms with van der Waals surface area (Å²) in [5, 5.41) is 8.58. The molecule has 0 spiro atoms. The maximum Gasteiger partial charge on any atom is 0.261 e. The number of anilines is 1. The molecule has 0 fully saturated rings. The minimum Gasteiger partial charge on any atom is -0.493 e. The summed E-state index contributed by atoms with van der Waals surface area (Å²) in [6.45, 7) is 5.88. The van der Waals surface area contributed by atoms with Gasteiger partial charge in [-0.3, -0.25) is 14.9 Å². The molecule has 2 amide bonds. The predicted molar refractivity (Wildman–Crippen MR) is 130 cm³/mol. The molecule has 2 aromatic carbocycles. The summed E-state index contributed by atoms with van der Waals surface area (Å²) < 4.78 is 10.8. The molecule has 8 heteroatoms. The Balaban J connectivity index is 1.94. The van der Waals surface area contributed by atoms with Crippen molar-refractivity contribution in [2.24, 2.45) is 5.92 Å². The Morgan fingerprint density at radius 2 is 1.81 bits per heavy atom. The van der Waals surface area contributed by atoms with Gasteiger partial charge >= 0.3 is 0 Å². The number of ether oxygens (including phenoxy) is 2. The van der Waals surface area contributed by atoms with Gasteiger partial charge in [-0.15, -0.1) is 0 Å². The molecule has 0 atom stereocenters. The van der Waals surface area contributed by atoms with Crippen molar-refractivity contribution >= 4 is 34.8 Å². The van der Waals surface area contributed by atoms with Gasteiger partial charge < -0.3 is 20.1 Å². The van der Waals surface area contributed by atoms with Crippen LogP contribution in [0.4, 0.5) is 5.69 Å². The number of thiocarbonyl (C=S) groups is 1. The van der Waals surface area contributed by atoms with E-state index in [1.165, 1.54) is 0 Å². The van der Waals surface area contributed by atoms with E-state index in [0.29, 0.717) is 48.2 Å². The summed E-state index contributed by atoms with van der Waals surface area (Å²) in [6.07, 6.45) is 1.63. The van der Waals surface area contributed by atoms with E-state index in [9.17, 15) is 9.59 Å². The minimum atomic E-state index is -0.366. The van der Waals surface area contributed by atoms with Crippen LogP contribution < -0.4 is 20.7 Å². The van der Waals surface area contributed by atoms with Crippen LogP contribution in [-0.2, 0) is 4.74 Å². The zero-order chi connectivity index (χ0) is 23.3. The average molecular weight is 458 g/mol. The normalized spacial score (nSPS) is 10.5. The SMILES string of the molecule is COCCCNC(=O)c1cccc(NC(=S)NC(=O)c2ccccc2OCCC(C)C)c1. The lowest BCUT2D eigenvalue weighted by Crippen LogP contribution is -2.34. The molecule has 0 saturated carbocycles. The fourth-order valence-electron chi connectivity index (χ4n) is 2.78. The lowest BCUT2D eigenvalue weighted by molar-refractivity contribution is 0.0945. The first-order valence-corrected chi connectivity index (χ1v) is 11.0. The highest BCUT2D eigenvalue weighted by Gasteiger charge is 2.14. The number of carbonyl (C=O) groups excluding carboxylic acids is 2. The maximum atomic E-state index is 12.7. The molecule has 172 valence electrons. The average Bonchev–Trinajstić information content (AvgIpc) is 2.76. The second-order valence-corrected chi connectivity index (χ2v) is 8.03. The molecule has 0 saturated heterocycles. The largest absolute Gasteiger partial charge is 0.493 e. The number of rotatable bonds is 11. The van der Waals surface area contributed by atoms with Gasteiger partial charge in [-0.2, -0.15) is 0 Å². The number of carbonyl (C=O) groups is 2. The zero-order valence-corrected chi connectivity index (χ0v) is 19.6. The molecule has 7 nitrogen and oxygen atoms in total. The van der Waals surface area contributed by atoms with Crippen molar-refractivity contribution in [1.82, 2.24) is 10.6 Å². The molecule has 32 heavy (non-hydrogen) atoms. The second kappa shape index (κ2) is 13.4. The standard InChI is InChI=1S/C24H31N3O4S/c1-17(2)12-15-31-21-11-5-4-10-20(21)23(29)27-24(32)26-19-9-6-8-18(16-19)22(28)25-13-7-14-30-3/h4-6,8-11,16-17H,7,12-15H2,1-3H3,(H,25,28)(H2,26,27,29,32). The van der Waals surface area contributed by atoms with Crippen LogP contribution in [0.3, 0.4) is 0 Å². The molecule has 2 rings (SSSR count). The van der Waals surface area contributed by atoms with Crippen LogP contribution in [0, 0.1) is 5.92 Å². The summed E-state index contributed by atoms with van der Waals surface area (Å²) in [7, 11) is 1.62. The van der Waals surface area contributed by atoms with Crippen LogP contribution in [0.1, 0.15) is 47.4 Å². The third-order valence-electron chi connectivity index (χ3n) is 4.50. The van der Waals surface area contributed by atoms with E-state index in [1.54, 1.807) is 49.6 Å². The van der Waals surface area contributed by atoms with E-state index < -0.39 is 0 Å². The van der Waals surface area contributed by atoms with Crippen LogP contribution in [0.25, 0.3) is 0 Å². The molecule has 0 aromatic heterocycles. The number of nitrogens with one attached hydrogen (secondary N) is 3. The number of para-hydroxylation sites is 1. The van der Waals surface area contributed by atoms with Crippen molar-refractivity contribution in [2.45, 2.75) is 26.7 Å². The van der Waals surface area contributed by atoms with Gasteiger partial charge in [0, 0.05) is 31.5 Å². The summed E-state index contributed by atoms with van der Waals surface area (Å²) in [6, 6.07) is 13.9. The second-order valence-electron chi connectivity index (χ2n) is 7.62. The number of methoxy groups -OCH3 is 1. The Kier molecular flexibility index (Phi) is 10.6. The van der Waals surface area contributed by atoms with Crippen LogP contribution >= 0.6 is 12.2 Å². The summed E-state index contributed by atoms with van der Waals surface area (Å²) in [4.78, 5) is 25.0. The van der Waals surface area contributed by atoms with Gasteiger partial charge in [0.1, 0.15) is 5.75 Å². The van der Waals surface area contributed by atoms with E-state index in [0.717, 1.165) is 12.8 Å². The van der Waals surface area contributed by atoms with E-state index in [4.69, 9.17) is 21.7 Å². The molecular weight excluding hydrogens is 426 g/mol. The molecule has 0 aliphatic heterocycles. The van der Waals surface area contributed by atoms with E-state index in [2.05, 4.69) is 29.8 Å². The topological polar surface area (TPSA) is 88.7 Å². The van der Waals surface area contributed by atoms with Crippen molar-refractivity contribution in [3.63, 3.8) is 0 Å². The minimum absolute atomic E-state index is 0.129. The number of hydrogen-bond acceptors (Lipinski definition) is 5. The van der Waals surface area contributed by atoms with Gasteiger partial charge in [-0.05, 0) is 61.3 Å². The monoisotopic (exact) mass is 457 g/mol. The molecule has 0 aliphatic carbocycles. The molecule has 2 aromatic rings. The smallest absolute Gasteiger partial charge is 0.261 e. The van der Waals surface area contributed by atoms with Crippen LogP contribution in [0.2, 0.25) is 0 Å². The van der Waals surface area contributed by atoms with Gasteiger partial charge in [0.15, 0.2) is 5.11 Å². The van der Waals surface area contributed by atoms with Crippen LogP contribution in [-0.4, -0.2) is 43.8 Å². The van der Waals surface area contributed by atoms with Crippen LogP contribution in [0.15, 0.2) is 48.5 Å². The fraction of sp³-hybridized carbons (Fsp3) is 0.375. The van der Waals surface area contributed by atoms with Crippen molar-refractivity contribution in [3.8, 4) is 5.75 Å². The third-order valence-corrected chi connectivity index (χ3v) is 4.71. The van der Waals surface area contributed by atoms with E-state index in [-0.39, 0.29) is 16.9 Å². The summed E-state index contributed by atoms with van der Waals surface area (Å²) in [5.74, 6) is 0.471. The predicted octanol–water partition coefficient (Wildman–Crippen LogP) is 4.00. The van der Waals surface area contributed by atoms with E-state index >= 15 is 0 Å². The van der Waals surface area contributed by atoms with Crippen molar-refractivity contribution in [3.05, 3.63) is 59.7 Å². The highest BCUT2D eigenvalue weighted by molar-refractivity contribution is 7.80. The van der Waals surface area contributed by atoms with Gasteiger partial charge in [-0.25, -0.2) is 0 Å². The number of amides is 2. The summed E-state index contributed by atoms with van der Waals surface area (Å²) in [5.41, 5.74) is 1.50. The van der Waals surface area contributed by atoms with Crippen LogP contribution in [0.5, 0.6) is 5.75 Å². The molecule has 0 radical (unpaired) electrons. The van der Waals surface area contributed by atoms with Gasteiger partial charge in [0.25, 0.3) is 11.8 Å². The van der Waals surface area contributed by atoms with Gasteiger partial charge in [-0.1, -0.05) is 32.0 Å². The zero-order valence-electron chi connectivity index (χ0n) is 18.8. The maximum absolute atomic E-state index is 12.7. The Hall–Kier alpha value is -2.97. The van der Waals surface area contributed by atoms with Crippen molar-refractivity contribution in [2.75, 3.05) is 32.2 Å². The van der Waals surface area contributed by atoms with Gasteiger partial charge in [0.05, 0.1) is 12.2 Å². The quantitative estimate of drug-likeness (QED) is 0.349. The van der Waals surface area contributed by atoms with Crippen molar-refractivity contribution in [1.29, 1.82) is 0 Å². The Morgan fingerprint density at radius 1 is 1.03 bits per heavy atom. The molecule has 0 unspecified atom stereocenters. The Morgan fingerprint density at radius 3 is 2.56 bits per heavy atom. The molecule has 0 bridgehead atoms. The summed E-state index contributed by atoms with van der Waals surface area (Å²) >= 11 is 5.29. The first kappa shape index (κ1) is 25.3. The lowest BCUT2D eigenvalue weighted by Gasteiger charge is -2.14. The Labute approximate surface area is 194 Å². The van der Waals surface area contributed by atoms with Crippen molar-refractivity contribution < 1.29 is 19.1 Å². The number of hydrogen-bond donors (Lipinski definition) is 3. The van der Waals surface area contributed by atoms with Gasteiger partial charge in [0.2, 0.25) is 0 Å². The third kappa shape index (κ3) is 8.64. The molecule has 0 aliphatic rings. The molecule has 3 N–H and O–H groups in total. The Bertz CT molecular complexity index is 918. The first-order chi connectivity index (χ1) is 15.4. The molecule has 0 heterocycles. The number of benzene rings is 2. The lowest BCUT2D eigenvalue weighted by atomic mass is 10.1. The first-order valence-electron chi connectivity index (χ1n) is 10.6. The molecular formula is C24H31N3O4S. The van der Waals surface area contributed by atoms with E-state index in [1.807, 2.05) is 6.07 Å². The highest BCUT2D eigenvalue weighted by Crippen LogP contribution is 2.19.